The highest BCUT2D eigenvalue weighted by molar-refractivity contribution is 6.05. The van der Waals surface area contributed by atoms with Gasteiger partial charge in [0.1, 0.15) is 0 Å². The van der Waals surface area contributed by atoms with Crippen LogP contribution in [0.15, 0.2) is 60.8 Å². The summed E-state index contributed by atoms with van der Waals surface area (Å²) in [5, 5.41) is 8.45. The lowest BCUT2D eigenvalue weighted by Crippen LogP contribution is -2.14. The zero-order valence-corrected chi connectivity index (χ0v) is 15.5. The summed E-state index contributed by atoms with van der Waals surface area (Å²) in [6.07, 6.45) is 1.59. The third-order valence-corrected chi connectivity index (χ3v) is 4.70. The molecule has 1 amide bonds. The SMILES string of the molecule is Cc1ccc(C)c(NC(=O)c2cnn(-c3ccc4ccccc4n3)c2C)c1. The second-order valence-electron chi connectivity index (χ2n) is 6.69. The molecule has 0 atom stereocenters. The van der Waals surface area contributed by atoms with Gasteiger partial charge in [-0.3, -0.25) is 4.79 Å². The van der Waals surface area contributed by atoms with Crippen molar-refractivity contribution in [1.82, 2.24) is 14.8 Å². The van der Waals surface area contributed by atoms with E-state index >= 15 is 0 Å². The highest BCUT2D eigenvalue weighted by Gasteiger charge is 2.17. The molecule has 5 nitrogen and oxygen atoms in total. The van der Waals surface area contributed by atoms with Gasteiger partial charge in [-0.2, -0.15) is 5.10 Å². The number of pyridine rings is 1. The fourth-order valence-electron chi connectivity index (χ4n) is 3.10. The topological polar surface area (TPSA) is 59.8 Å². The van der Waals surface area contributed by atoms with E-state index in [4.69, 9.17) is 0 Å². The molecule has 0 fully saturated rings. The predicted molar refractivity (Wildman–Crippen MR) is 107 cm³/mol. The van der Waals surface area contributed by atoms with Gasteiger partial charge in [0.05, 0.1) is 23.0 Å². The van der Waals surface area contributed by atoms with Crippen molar-refractivity contribution in [2.75, 3.05) is 5.32 Å². The number of para-hydroxylation sites is 1. The van der Waals surface area contributed by atoms with Gasteiger partial charge in [0, 0.05) is 11.1 Å². The number of amides is 1. The Morgan fingerprint density at radius 3 is 2.67 bits per heavy atom. The van der Waals surface area contributed by atoms with Crippen LogP contribution in [0, 0.1) is 20.8 Å². The van der Waals surface area contributed by atoms with Crippen molar-refractivity contribution in [2.45, 2.75) is 20.8 Å². The summed E-state index contributed by atoms with van der Waals surface area (Å²) in [7, 11) is 0. The molecule has 0 radical (unpaired) electrons. The molecule has 2 aromatic heterocycles. The Labute approximate surface area is 157 Å². The smallest absolute Gasteiger partial charge is 0.259 e. The highest BCUT2D eigenvalue weighted by Crippen LogP contribution is 2.20. The third-order valence-electron chi connectivity index (χ3n) is 4.70. The minimum Gasteiger partial charge on any atom is -0.322 e. The van der Waals surface area contributed by atoms with Crippen LogP contribution in [-0.2, 0) is 0 Å². The van der Waals surface area contributed by atoms with Crippen LogP contribution in [0.25, 0.3) is 16.7 Å². The number of aromatic nitrogens is 3. The van der Waals surface area contributed by atoms with Gasteiger partial charge in [-0.15, -0.1) is 0 Å². The average molecular weight is 356 g/mol. The van der Waals surface area contributed by atoms with Crippen molar-refractivity contribution in [3.63, 3.8) is 0 Å². The maximum atomic E-state index is 12.8. The van der Waals surface area contributed by atoms with Gasteiger partial charge in [0.25, 0.3) is 5.91 Å². The number of aryl methyl sites for hydroxylation is 2. The summed E-state index contributed by atoms with van der Waals surface area (Å²) in [5.74, 6) is 0.519. The number of hydrogen-bond acceptors (Lipinski definition) is 3. The fourth-order valence-corrected chi connectivity index (χ4v) is 3.10. The van der Waals surface area contributed by atoms with Crippen molar-refractivity contribution in [1.29, 1.82) is 0 Å². The van der Waals surface area contributed by atoms with Gasteiger partial charge >= 0.3 is 0 Å². The van der Waals surface area contributed by atoms with Crippen LogP contribution in [-0.4, -0.2) is 20.7 Å². The van der Waals surface area contributed by atoms with Gasteiger partial charge in [-0.1, -0.05) is 30.3 Å². The molecule has 5 heteroatoms. The lowest BCUT2D eigenvalue weighted by molar-refractivity contribution is 0.102. The van der Waals surface area contributed by atoms with Crippen LogP contribution in [0.2, 0.25) is 0 Å². The van der Waals surface area contributed by atoms with E-state index in [1.807, 2.05) is 75.4 Å². The molecule has 0 saturated heterocycles. The first-order valence-corrected chi connectivity index (χ1v) is 8.82. The van der Waals surface area contributed by atoms with Crippen molar-refractivity contribution in [3.8, 4) is 5.82 Å². The van der Waals surface area contributed by atoms with Crippen molar-refractivity contribution in [3.05, 3.63) is 83.2 Å². The first kappa shape index (κ1) is 17.0. The normalized spacial score (nSPS) is 10.9. The van der Waals surface area contributed by atoms with Crippen molar-refractivity contribution >= 4 is 22.5 Å². The summed E-state index contributed by atoms with van der Waals surface area (Å²) >= 11 is 0. The maximum absolute atomic E-state index is 12.8. The van der Waals surface area contributed by atoms with Gasteiger partial charge in [-0.25, -0.2) is 9.67 Å². The standard InChI is InChI=1S/C22H20N4O/c1-14-8-9-15(2)20(12-14)25-22(27)18-13-23-26(16(18)3)21-11-10-17-6-4-5-7-19(17)24-21/h4-13H,1-3H3,(H,25,27). The highest BCUT2D eigenvalue weighted by atomic mass is 16.1. The zero-order valence-electron chi connectivity index (χ0n) is 15.5. The molecular formula is C22H20N4O. The molecule has 0 aliphatic rings. The zero-order chi connectivity index (χ0) is 19.0. The Kier molecular flexibility index (Phi) is 4.20. The molecule has 0 spiro atoms. The Morgan fingerprint density at radius 2 is 1.81 bits per heavy atom. The monoisotopic (exact) mass is 356 g/mol. The molecule has 0 aliphatic carbocycles. The van der Waals surface area contributed by atoms with Crippen LogP contribution >= 0.6 is 0 Å². The Morgan fingerprint density at radius 1 is 1.00 bits per heavy atom. The molecule has 0 saturated carbocycles. The Balaban J connectivity index is 1.66. The fraction of sp³-hybridized carbons (Fsp3) is 0.136. The first-order chi connectivity index (χ1) is 13.0. The molecule has 27 heavy (non-hydrogen) atoms. The lowest BCUT2D eigenvalue weighted by Gasteiger charge is -2.09. The summed E-state index contributed by atoms with van der Waals surface area (Å²) in [4.78, 5) is 17.4. The minimum absolute atomic E-state index is 0.173. The van der Waals surface area contributed by atoms with E-state index in [2.05, 4.69) is 15.4 Å². The van der Waals surface area contributed by atoms with Gasteiger partial charge in [-0.05, 0) is 56.2 Å². The number of benzene rings is 2. The number of nitrogens with zero attached hydrogens (tertiary/aromatic N) is 3. The molecule has 4 rings (SSSR count). The Hall–Kier alpha value is -3.47. The molecule has 134 valence electrons. The van der Waals surface area contributed by atoms with Gasteiger partial charge in [0.2, 0.25) is 0 Å². The van der Waals surface area contributed by atoms with E-state index in [0.717, 1.165) is 33.4 Å². The molecule has 2 heterocycles. The van der Waals surface area contributed by atoms with Gasteiger partial charge in [0.15, 0.2) is 5.82 Å². The molecule has 0 bridgehead atoms. The second kappa shape index (κ2) is 6.68. The van der Waals surface area contributed by atoms with E-state index in [9.17, 15) is 4.79 Å². The van der Waals surface area contributed by atoms with E-state index in [0.29, 0.717) is 11.4 Å². The summed E-state index contributed by atoms with van der Waals surface area (Å²) in [5.41, 5.74) is 5.12. The molecule has 0 aliphatic heterocycles. The van der Waals surface area contributed by atoms with Gasteiger partial charge < -0.3 is 5.32 Å². The Bertz CT molecular complexity index is 1160. The van der Waals surface area contributed by atoms with Crippen molar-refractivity contribution < 1.29 is 4.79 Å². The summed E-state index contributed by atoms with van der Waals surface area (Å²) < 4.78 is 1.70. The predicted octanol–water partition coefficient (Wildman–Crippen LogP) is 4.60. The third kappa shape index (κ3) is 3.19. The number of carbonyl (C=O) groups excluding carboxylic acids is 1. The second-order valence-corrected chi connectivity index (χ2v) is 6.69. The molecule has 1 N–H and O–H groups in total. The lowest BCUT2D eigenvalue weighted by atomic mass is 10.1. The summed E-state index contributed by atoms with van der Waals surface area (Å²) in [6.45, 7) is 5.86. The van der Waals surface area contributed by atoms with Crippen LogP contribution < -0.4 is 5.32 Å². The number of anilines is 1. The van der Waals surface area contributed by atoms with E-state index in [1.165, 1.54) is 0 Å². The van der Waals surface area contributed by atoms with Crippen LogP contribution in [0.1, 0.15) is 27.2 Å². The van der Waals surface area contributed by atoms with E-state index < -0.39 is 0 Å². The average Bonchev–Trinajstić information content (AvgIpc) is 3.06. The quantitative estimate of drug-likeness (QED) is 0.584. The summed E-state index contributed by atoms with van der Waals surface area (Å²) in [6, 6.07) is 17.8. The van der Waals surface area contributed by atoms with E-state index in [1.54, 1.807) is 10.9 Å². The van der Waals surface area contributed by atoms with Crippen LogP contribution in [0.4, 0.5) is 5.69 Å². The van der Waals surface area contributed by atoms with Crippen LogP contribution in [0.5, 0.6) is 0 Å². The number of rotatable bonds is 3. The molecular weight excluding hydrogens is 336 g/mol. The number of carbonyl (C=O) groups is 1. The molecule has 4 aromatic rings. The minimum atomic E-state index is -0.173. The van der Waals surface area contributed by atoms with E-state index in [-0.39, 0.29) is 5.91 Å². The number of hydrogen-bond donors (Lipinski definition) is 1. The molecule has 2 aromatic carbocycles. The largest absolute Gasteiger partial charge is 0.322 e. The number of fused-ring (bicyclic) bond motifs is 1. The van der Waals surface area contributed by atoms with Crippen LogP contribution in [0.3, 0.4) is 0 Å². The van der Waals surface area contributed by atoms with Crippen molar-refractivity contribution in [2.24, 2.45) is 0 Å². The number of nitrogens with one attached hydrogen (secondary N) is 1. The maximum Gasteiger partial charge on any atom is 0.259 e. The molecule has 0 unspecified atom stereocenters. The first-order valence-electron chi connectivity index (χ1n) is 8.82.